The van der Waals surface area contributed by atoms with E-state index in [1.165, 1.54) is 18.3 Å². The summed E-state index contributed by atoms with van der Waals surface area (Å²) in [5.74, 6) is -0.902. The lowest BCUT2D eigenvalue weighted by molar-refractivity contribution is -0.119. The third-order valence-electron chi connectivity index (χ3n) is 4.34. The van der Waals surface area contributed by atoms with Crippen LogP contribution in [0, 0.1) is 6.92 Å². The number of hydrogen-bond donors (Lipinski definition) is 2. The first kappa shape index (κ1) is 24.1. The molecule has 2 N–H and O–H groups in total. The molecule has 0 spiro atoms. The zero-order chi connectivity index (χ0) is 23.8. The third kappa shape index (κ3) is 6.98. The number of aryl methyl sites for hydroxylation is 1. The van der Waals surface area contributed by atoms with Crippen LogP contribution >= 0.6 is 11.6 Å². The van der Waals surface area contributed by atoms with E-state index >= 15 is 0 Å². The normalized spacial score (nSPS) is 11.3. The fraction of sp³-hybridized carbons (Fsp3) is 0.0870. The van der Waals surface area contributed by atoms with Crippen molar-refractivity contribution in [2.24, 2.45) is 5.10 Å². The van der Waals surface area contributed by atoms with Gasteiger partial charge in [-0.15, -0.1) is 0 Å². The molecule has 8 nitrogen and oxygen atoms in total. The zero-order valence-electron chi connectivity index (χ0n) is 17.5. The third-order valence-corrected chi connectivity index (χ3v) is 6.09. The van der Waals surface area contributed by atoms with E-state index in [1.54, 1.807) is 60.7 Å². The first-order valence-corrected chi connectivity index (χ1v) is 11.6. The van der Waals surface area contributed by atoms with Gasteiger partial charge in [0.05, 0.1) is 28.2 Å². The van der Waals surface area contributed by atoms with Gasteiger partial charge in [0.2, 0.25) is 10.0 Å². The summed E-state index contributed by atoms with van der Waals surface area (Å²) in [6.07, 6.45) is 1.37. The van der Waals surface area contributed by atoms with Gasteiger partial charge in [-0.1, -0.05) is 41.4 Å². The fourth-order valence-electron chi connectivity index (χ4n) is 2.59. The average molecular weight is 486 g/mol. The Bertz CT molecular complexity index is 1270. The molecule has 3 aromatic carbocycles. The van der Waals surface area contributed by atoms with E-state index < -0.39 is 28.4 Å². The molecule has 0 heterocycles. The Hall–Kier alpha value is -3.53. The van der Waals surface area contributed by atoms with Crippen molar-refractivity contribution in [1.29, 1.82) is 0 Å². The molecule has 0 atom stereocenters. The van der Waals surface area contributed by atoms with E-state index in [9.17, 15) is 18.0 Å². The first-order chi connectivity index (χ1) is 15.7. The lowest BCUT2D eigenvalue weighted by Gasteiger charge is -2.06. The number of carbonyl (C=O) groups is 2. The van der Waals surface area contributed by atoms with Crippen molar-refractivity contribution in [3.05, 3.63) is 94.5 Å². The maximum Gasteiger partial charge on any atom is 0.345 e. The number of sulfonamides is 1. The van der Waals surface area contributed by atoms with Gasteiger partial charge in [0.1, 0.15) is 5.75 Å². The standard InChI is InChI=1S/C23H20ClN3O5S/c1-16-6-12-19(13-7-16)33(30,31)26-15-22(28)27-25-14-17-8-10-18(11-9-17)32-23(29)20-4-2-3-5-21(20)24/h2-14,26H,15H2,1H3,(H,27,28). The summed E-state index contributed by atoms with van der Waals surface area (Å²) in [6, 6.07) is 19.2. The van der Waals surface area contributed by atoms with Crippen molar-refractivity contribution in [1.82, 2.24) is 10.1 Å². The molecule has 0 unspecified atom stereocenters. The number of carbonyl (C=O) groups excluding carboxylic acids is 2. The molecule has 0 bridgehead atoms. The maximum atomic E-state index is 12.2. The number of ether oxygens (including phenoxy) is 1. The Balaban J connectivity index is 1.49. The fourth-order valence-corrected chi connectivity index (χ4v) is 3.79. The van der Waals surface area contributed by atoms with Gasteiger partial charge >= 0.3 is 5.97 Å². The number of nitrogens with zero attached hydrogens (tertiary/aromatic N) is 1. The molecule has 1 amide bonds. The zero-order valence-corrected chi connectivity index (χ0v) is 19.1. The van der Waals surface area contributed by atoms with Gasteiger partial charge < -0.3 is 4.74 Å². The Morgan fingerprint density at radius 3 is 2.33 bits per heavy atom. The monoisotopic (exact) mass is 485 g/mol. The Morgan fingerprint density at radius 1 is 1.00 bits per heavy atom. The molecule has 170 valence electrons. The number of amides is 1. The van der Waals surface area contributed by atoms with Gasteiger partial charge in [-0.25, -0.2) is 23.4 Å². The number of benzene rings is 3. The minimum absolute atomic E-state index is 0.0692. The molecule has 33 heavy (non-hydrogen) atoms. The Labute approximate surface area is 196 Å². The van der Waals surface area contributed by atoms with Crippen molar-refractivity contribution < 1.29 is 22.7 Å². The second-order valence-corrected chi connectivity index (χ2v) is 9.04. The molecule has 3 rings (SSSR count). The van der Waals surface area contributed by atoms with Crippen LogP contribution in [0.2, 0.25) is 5.02 Å². The second-order valence-electron chi connectivity index (χ2n) is 6.87. The molecule has 0 aliphatic carbocycles. The van der Waals surface area contributed by atoms with E-state index in [0.29, 0.717) is 16.3 Å². The van der Waals surface area contributed by atoms with Crippen molar-refractivity contribution >= 4 is 39.7 Å². The van der Waals surface area contributed by atoms with Crippen LogP contribution in [0.15, 0.2) is 82.8 Å². The molecule has 0 radical (unpaired) electrons. The van der Waals surface area contributed by atoms with Crippen LogP contribution in [0.4, 0.5) is 0 Å². The summed E-state index contributed by atoms with van der Waals surface area (Å²) in [5, 5.41) is 4.09. The highest BCUT2D eigenvalue weighted by Gasteiger charge is 2.15. The minimum Gasteiger partial charge on any atom is -0.423 e. The highest BCUT2D eigenvalue weighted by Crippen LogP contribution is 2.19. The Kier molecular flexibility index (Phi) is 7.94. The van der Waals surface area contributed by atoms with Gasteiger partial charge in [0.25, 0.3) is 5.91 Å². The molecule has 10 heteroatoms. The molecule has 0 fully saturated rings. The predicted molar refractivity (Wildman–Crippen MR) is 125 cm³/mol. The van der Waals surface area contributed by atoms with E-state index in [-0.39, 0.29) is 10.5 Å². The van der Waals surface area contributed by atoms with Crippen LogP contribution in [-0.2, 0) is 14.8 Å². The number of halogens is 1. The highest BCUT2D eigenvalue weighted by molar-refractivity contribution is 7.89. The molecular weight excluding hydrogens is 466 g/mol. The van der Waals surface area contributed by atoms with Crippen LogP contribution in [0.3, 0.4) is 0 Å². The van der Waals surface area contributed by atoms with Gasteiger partial charge in [0, 0.05) is 0 Å². The quantitative estimate of drug-likeness (QED) is 0.220. The molecular formula is C23H20ClN3O5S. The van der Waals surface area contributed by atoms with Gasteiger partial charge in [0.15, 0.2) is 0 Å². The van der Waals surface area contributed by atoms with Crippen molar-refractivity contribution in [3.8, 4) is 5.75 Å². The van der Waals surface area contributed by atoms with E-state index in [2.05, 4.69) is 15.2 Å². The van der Waals surface area contributed by atoms with Crippen LogP contribution in [0.25, 0.3) is 0 Å². The minimum atomic E-state index is -3.80. The number of rotatable bonds is 8. The van der Waals surface area contributed by atoms with E-state index in [0.717, 1.165) is 5.56 Å². The lowest BCUT2D eigenvalue weighted by Crippen LogP contribution is -2.34. The van der Waals surface area contributed by atoms with Crippen molar-refractivity contribution in [2.75, 3.05) is 6.54 Å². The summed E-state index contributed by atoms with van der Waals surface area (Å²) in [6.45, 7) is 1.38. The SMILES string of the molecule is Cc1ccc(S(=O)(=O)NCC(=O)NN=Cc2ccc(OC(=O)c3ccccc3Cl)cc2)cc1. The summed E-state index contributed by atoms with van der Waals surface area (Å²) in [5.41, 5.74) is 4.04. The predicted octanol–water partition coefficient (Wildman–Crippen LogP) is 3.30. The molecule has 3 aromatic rings. The smallest absolute Gasteiger partial charge is 0.345 e. The van der Waals surface area contributed by atoms with Crippen LogP contribution in [0.1, 0.15) is 21.5 Å². The summed E-state index contributed by atoms with van der Waals surface area (Å²) in [4.78, 5) is 24.1. The highest BCUT2D eigenvalue weighted by atomic mass is 35.5. The number of nitrogens with one attached hydrogen (secondary N) is 2. The molecule has 0 aliphatic heterocycles. The molecule has 0 aliphatic rings. The maximum absolute atomic E-state index is 12.2. The van der Waals surface area contributed by atoms with Gasteiger partial charge in [-0.05, 0) is 61.0 Å². The van der Waals surface area contributed by atoms with Crippen molar-refractivity contribution in [2.45, 2.75) is 11.8 Å². The molecule has 0 saturated heterocycles. The number of hydrazone groups is 1. The summed E-state index contributed by atoms with van der Waals surface area (Å²) < 4.78 is 31.9. The van der Waals surface area contributed by atoms with E-state index in [1.807, 2.05) is 6.92 Å². The topological polar surface area (TPSA) is 114 Å². The summed E-state index contributed by atoms with van der Waals surface area (Å²) in [7, 11) is -3.80. The Morgan fingerprint density at radius 2 is 1.67 bits per heavy atom. The number of hydrogen-bond acceptors (Lipinski definition) is 6. The van der Waals surface area contributed by atoms with E-state index in [4.69, 9.17) is 16.3 Å². The summed E-state index contributed by atoms with van der Waals surface area (Å²) >= 11 is 5.99. The molecule has 0 saturated carbocycles. The van der Waals surface area contributed by atoms with Crippen LogP contribution < -0.4 is 14.9 Å². The largest absolute Gasteiger partial charge is 0.423 e. The average Bonchev–Trinajstić information content (AvgIpc) is 2.79. The van der Waals surface area contributed by atoms with Crippen LogP contribution in [0.5, 0.6) is 5.75 Å². The van der Waals surface area contributed by atoms with Crippen LogP contribution in [-0.4, -0.2) is 33.1 Å². The first-order valence-electron chi connectivity index (χ1n) is 9.69. The van der Waals surface area contributed by atoms with Gasteiger partial charge in [-0.2, -0.15) is 5.10 Å². The molecule has 0 aromatic heterocycles. The van der Waals surface area contributed by atoms with Gasteiger partial charge in [-0.3, -0.25) is 4.79 Å². The lowest BCUT2D eigenvalue weighted by atomic mass is 10.2. The van der Waals surface area contributed by atoms with Crippen molar-refractivity contribution in [3.63, 3.8) is 0 Å². The number of esters is 1. The second kappa shape index (κ2) is 10.9.